The molecule has 2 aromatic rings. The number of carbonyl (C=O) groups excluding carboxylic acids is 2. The lowest BCUT2D eigenvalue weighted by Gasteiger charge is -2.07. The maximum atomic E-state index is 11.7. The minimum Gasteiger partial charge on any atom is -0.445 e. The lowest BCUT2D eigenvalue weighted by Crippen LogP contribution is -2.26. The summed E-state index contributed by atoms with van der Waals surface area (Å²) >= 11 is 1.16. The summed E-state index contributed by atoms with van der Waals surface area (Å²) in [5.41, 5.74) is 0.588. The Bertz CT molecular complexity index is 778. The Morgan fingerprint density at radius 2 is 2.08 bits per heavy atom. The van der Waals surface area contributed by atoms with Crippen molar-refractivity contribution in [3.63, 3.8) is 0 Å². The fraction of sp³-hybridized carbons (Fsp3) is 0.357. The van der Waals surface area contributed by atoms with E-state index in [1.807, 2.05) is 0 Å². The third-order valence-electron chi connectivity index (χ3n) is 3.12. The highest BCUT2D eigenvalue weighted by Crippen LogP contribution is 2.12. The third kappa shape index (κ3) is 6.12. The van der Waals surface area contributed by atoms with Gasteiger partial charge in [0.15, 0.2) is 10.9 Å². The van der Waals surface area contributed by atoms with Crippen molar-refractivity contribution in [1.29, 1.82) is 0 Å². The molecule has 0 fully saturated rings. The van der Waals surface area contributed by atoms with Crippen LogP contribution in [0.3, 0.4) is 0 Å². The largest absolute Gasteiger partial charge is 0.445 e. The highest BCUT2D eigenvalue weighted by atomic mass is 32.2. The molecule has 2 rings (SSSR count). The molecule has 1 N–H and O–H groups in total. The summed E-state index contributed by atoms with van der Waals surface area (Å²) in [6, 6.07) is 5.70. The maximum Gasteiger partial charge on any atom is 0.407 e. The predicted octanol–water partition coefficient (Wildman–Crippen LogP) is 1.29. The molecule has 138 valence electrons. The van der Waals surface area contributed by atoms with Crippen LogP contribution < -0.4 is 5.32 Å². The summed E-state index contributed by atoms with van der Waals surface area (Å²) in [5, 5.41) is 24.2. The van der Waals surface area contributed by atoms with E-state index in [4.69, 9.17) is 4.74 Å². The molecule has 0 radical (unpaired) electrons. The van der Waals surface area contributed by atoms with Crippen molar-refractivity contribution < 1.29 is 19.2 Å². The summed E-state index contributed by atoms with van der Waals surface area (Å²) < 4.78 is 6.53. The van der Waals surface area contributed by atoms with Crippen LogP contribution in [0.2, 0.25) is 0 Å². The summed E-state index contributed by atoms with van der Waals surface area (Å²) in [6.45, 7) is 1.96. The smallest absolute Gasteiger partial charge is 0.407 e. The van der Waals surface area contributed by atoms with Crippen LogP contribution in [0.4, 0.5) is 10.5 Å². The monoisotopic (exact) mass is 380 g/mol. The molecule has 0 atom stereocenters. The number of amides is 1. The van der Waals surface area contributed by atoms with E-state index >= 15 is 0 Å². The molecule has 1 heterocycles. The van der Waals surface area contributed by atoms with Crippen molar-refractivity contribution in [3.8, 4) is 0 Å². The molecule has 1 amide bonds. The number of hydrogen-bond donors (Lipinski definition) is 1. The number of non-ortho nitro benzene ring substituents is 1. The van der Waals surface area contributed by atoms with Crippen LogP contribution in [0.1, 0.15) is 18.3 Å². The molecule has 1 aromatic heterocycles. The van der Waals surface area contributed by atoms with Gasteiger partial charge in [-0.1, -0.05) is 11.8 Å². The molecule has 0 aliphatic heterocycles. The van der Waals surface area contributed by atoms with Gasteiger partial charge >= 0.3 is 6.09 Å². The van der Waals surface area contributed by atoms with E-state index in [1.54, 1.807) is 0 Å². The molecular weight excluding hydrogens is 364 g/mol. The lowest BCUT2D eigenvalue weighted by atomic mass is 10.2. The van der Waals surface area contributed by atoms with Crippen LogP contribution in [0.15, 0.2) is 24.3 Å². The van der Waals surface area contributed by atoms with Crippen molar-refractivity contribution in [2.45, 2.75) is 26.6 Å². The molecule has 0 aliphatic carbocycles. The van der Waals surface area contributed by atoms with Gasteiger partial charge in [-0.05, 0) is 28.1 Å². The molecule has 26 heavy (non-hydrogen) atoms. The Hall–Kier alpha value is -3.02. The predicted molar refractivity (Wildman–Crippen MR) is 91.1 cm³/mol. The highest BCUT2D eigenvalue weighted by molar-refractivity contribution is 8.13. The van der Waals surface area contributed by atoms with E-state index in [9.17, 15) is 19.7 Å². The van der Waals surface area contributed by atoms with Gasteiger partial charge in [0.1, 0.15) is 6.61 Å². The number of benzene rings is 1. The highest BCUT2D eigenvalue weighted by Gasteiger charge is 2.10. The van der Waals surface area contributed by atoms with Crippen LogP contribution >= 0.6 is 11.8 Å². The van der Waals surface area contributed by atoms with E-state index < -0.39 is 11.0 Å². The Morgan fingerprint density at radius 1 is 1.35 bits per heavy atom. The van der Waals surface area contributed by atoms with Crippen molar-refractivity contribution >= 4 is 28.7 Å². The van der Waals surface area contributed by atoms with Crippen LogP contribution in [0.25, 0.3) is 0 Å². The fourth-order valence-electron chi connectivity index (χ4n) is 1.86. The first-order chi connectivity index (χ1) is 12.5. The molecule has 12 heteroatoms. The SMILES string of the molecule is CC(=O)SCCn1nnnc1CNC(=O)OCc1ccc([N+](=O)[O-])cc1. The van der Waals surface area contributed by atoms with Gasteiger partial charge in [0.25, 0.3) is 5.69 Å². The number of nitrogens with one attached hydrogen (secondary N) is 1. The number of thioether (sulfide) groups is 1. The van der Waals surface area contributed by atoms with Gasteiger partial charge in [-0.15, -0.1) is 5.10 Å². The maximum absolute atomic E-state index is 11.7. The zero-order chi connectivity index (χ0) is 18.9. The normalized spacial score (nSPS) is 10.3. The number of aromatic nitrogens is 4. The Morgan fingerprint density at radius 3 is 2.73 bits per heavy atom. The second-order valence-corrected chi connectivity index (χ2v) is 6.28. The second-order valence-electron chi connectivity index (χ2n) is 5.01. The zero-order valence-electron chi connectivity index (χ0n) is 13.8. The minimum atomic E-state index is -0.670. The van der Waals surface area contributed by atoms with Gasteiger partial charge in [-0.2, -0.15) is 0 Å². The number of alkyl carbamates (subject to hydrolysis) is 1. The third-order valence-corrected chi connectivity index (χ3v) is 3.92. The summed E-state index contributed by atoms with van der Waals surface area (Å²) in [4.78, 5) is 32.7. The molecule has 1 aromatic carbocycles. The standard InChI is InChI=1S/C14H16N6O5S/c1-10(21)26-7-6-19-13(16-17-18-19)8-15-14(22)25-9-11-2-4-12(5-3-11)20(23)24/h2-5H,6-9H2,1H3,(H,15,22). The summed E-state index contributed by atoms with van der Waals surface area (Å²) in [6.07, 6.45) is -0.670. The molecule has 0 saturated carbocycles. The van der Waals surface area contributed by atoms with E-state index in [0.717, 1.165) is 11.8 Å². The van der Waals surface area contributed by atoms with E-state index in [1.165, 1.54) is 35.9 Å². The van der Waals surface area contributed by atoms with Crippen LogP contribution in [-0.4, -0.2) is 42.1 Å². The molecule has 11 nitrogen and oxygen atoms in total. The number of tetrazole rings is 1. The Kier molecular flexibility index (Phi) is 7.02. The van der Waals surface area contributed by atoms with Crippen molar-refractivity contribution in [3.05, 3.63) is 45.8 Å². The topological polar surface area (TPSA) is 142 Å². The van der Waals surface area contributed by atoms with Crippen LogP contribution in [0.5, 0.6) is 0 Å². The van der Waals surface area contributed by atoms with Gasteiger partial charge in [0, 0.05) is 24.8 Å². The van der Waals surface area contributed by atoms with E-state index in [0.29, 0.717) is 23.7 Å². The number of aryl methyl sites for hydroxylation is 1. The first-order valence-corrected chi connectivity index (χ1v) is 8.46. The van der Waals surface area contributed by atoms with E-state index in [2.05, 4.69) is 20.8 Å². The molecule has 0 unspecified atom stereocenters. The number of nitro groups is 1. The Labute approximate surface area is 152 Å². The summed E-state index contributed by atoms with van der Waals surface area (Å²) in [5.74, 6) is 0.958. The molecule has 0 spiro atoms. The van der Waals surface area contributed by atoms with Gasteiger partial charge in [-0.3, -0.25) is 14.9 Å². The quantitative estimate of drug-likeness (QED) is 0.529. The minimum absolute atomic E-state index is 0.00701. The number of ether oxygens (including phenoxy) is 1. The van der Waals surface area contributed by atoms with Gasteiger partial charge in [0.2, 0.25) is 0 Å². The molecule has 0 saturated heterocycles. The fourth-order valence-corrected chi connectivity index (χ4v) is 2.42. The van der Waals surface area contributed by atoms with Gasteiger partial charge < -0.3 is 10.1 Å². The van der Waals surface area contributed by atoms with Gasteiger partial charge in [-0.25, -0.2) is 9.48 Å². The number of nitro benzene ring substituents is 1. The van der Waals surface area contributed by atoms with Crippen molar-refractivity contribution in [2.75, 3.05) is 5.75 Å². The molecule has 0 aliphatic rings. The van der Waals surface area contributed by atoms with Crippen LogP contribution in [0, 0.1) is 10.1 Å². The Balaban J connectivity index is 1.76. The van der Waals surface area contributed by atoms with Crippen LogP contribution in [-0.2, 0) is 29.2 Å². The number of rotatable bonds is 8. The first-order valence-electron chi connectivity index (χ1n) is 7.48. The number of nitrogens with zero attached hydrogens (tertiary/aromatic N) is 5. The lowest BCUT2D eigenvalue weighted by molar-refractivity contribution is -0.384. The van der Waals surface area contributed by atoms with E-state index in [-0.39, 0.29) is 24.0 Å². The number of hydrogen-bond acceptors (Lipinski definition) is 9. The zero-order valence-corrected chi connectivity index (χ0v) is 14.6. The summed E-state index contributed by atoms with van der Waals surface area (Å²) in [7, 11) is 0. The average Bonchev–Trinajstić information content (AvgIpc) is 3.05. The van der Waals surface area contributed by atoms with Crippen molar-refractivity contribution in [1.82, 2.24) is 25.5 Å². The number of carbonyl (C=O) groups is 2. The first kappa shape index (κ1) is 19.3. The second kappa shape index (κ2) is 9.46. The average molecular weight is 380 g/mol. The van der Waals surface area contributed by atoms with Crippen molar-refractivity contribution in [2.24, 2.45) is 0 Å². The molecule has 0 bridgehead atoms. The molecular formula is C14H16N6O5S. The van der Waals surface area contributed by atoms with Gasteiger partial charge in [0.05, 0.1) is 18.0 Å².